The third kappa shape index (κ3) is 3.96. The van der Waals surface area contributed by atoms with Gasteiger partial charge in [-0.2, -0.15) is 0 Å². The summed E-state index contributed by atoms with van der Waals surface area (Å²) in [5.41, 5.74) is 0. The molecular formula is C15H30N2. The molecule has 1 N–H and O–H groups in total. The summed E-state index contributed by atoms with van der Waals surface area (Å²) in [6.45, 7) is 10.8. The third-order valence-electron chi connectivity index (χ3n) is 4.63. The van der Waals surface area contributed by atoms with Crippen LogP contribution in [-0.4, -0.2) is 36.6 Å². The van der Waals surface area contributed by atoms with Gasteiger partial charge in [-0.25, -0.2) is 0 Å². The van der Waals surface area contributed by atoms with Crippen molar-refractivity contribution in [2.24, 2.45) is 11.8 Å². The highest BCUT2D eigenvalue weighted by Gasteiger charge is 2.30. The van der Waals surface area contributed by atoms with Crippen molar-refractivity contribution >= 4 is 0 Å². The average Bonchev–Trinajstić information content (AvgIpc) is 2.76. The molecule has 1 aliphatic heterocycles. The van der Waals surface area contributed by atoms with E-state index in [1.165, 1.54) is 51.7 Å². The van der Waals surface area contributed by atoms with E-state index in [4.69, 9.17) is 0 Å². The Morgan fingerprint density at radius 3 is 2.47 bits per heavy atom. The lowest BCUT2D eigenvalue weighted by molar-refractivity contribution is 0.164. The molecule has 17 heavy (non-hydrogen) atoms. The largest absolute Gasteiger partial charge is 0.314 e. The van der Waals surface area contributed by atoms with Gasteiger partial charge in [0.1, 0.15) is 0 Å². The monoisotopic (exact) mass is 238 g/mol. The Hall–Kier alpha value is -0.0800. The fourth-order valence-electron chi connectivity index (χ4n) is 3.37. The van der Waals surface area contributed by atoms with Gasteiger partial charge in [-0.3, -0.25) is 0 Å². The SMILES string of the molecule is CC1CCC(N2CCC(CNC(C)C)C2)CC1. The summed E-state index contributed by atoms with van der Waals surface area (Å²) in [5.74, 6) is 1.88. The number of hydrogen-bond donors (Lipinski definition) is 1. The van der Waals surface area contributed by atoms with Gasteiger partial charge in [-0.1, -0.05) is 20.8 Å². The Morgan fingerprint density at radius 2 is 1.82 bits per heavy atom. The lowest BCUT2D eigenvalue weighted by Gasteiger charge is -2.33. The average molecular weight is 238 g/mol. The Kier molecular flexibility index (Phi) is 4.87. The smallest absolute Gasteiger partial charge is 0.00955 e. The van der Waals surface area contributed by atoms with Crippen LogP contribution in [0.25, 0.3) is 0 Å². The maximum Gasteiger partial charge on any atom is 0.00955 e. The molecule has 0 bridgehead atoms. The lowest BCUT2D eigenvalue weighted by Crippen LogP contribution is -2.37. The van der Waals surface area contributed by atoms with Crippen LogP contribution in [0.5, 0.6) is 0 Å². The first-order valence-corrected chi connectivity index (χ1v) is 7.62. The van der Waals surface area contributed by atoms with E-state index >= 15 is 0 Å². The van der Waals surface area contributed by atoms with Gasteiger partial charge in [0.15, 0.2) is 0 Å². The van der Waals surface area contributed by atoms with Gasteiger partial charge < -0.3 is 10.2 Å². The van der Waals surface area contributed by atoms with E-state index in [1.54, 1.807) is 0 Å². The fourth-order valence-corrected chi connectivity index (χ4v) is 3.37. The van der Waals surface area contributed by atoms with Crippen LogP contribution < -0.4 is 5.32 Å². The van der Waals surface area contributed by atoms with Crippen molar-refractivity contribution in [2.45, 2.75) is 65.0 Å². The first kappa shape index (κ1) is 13.4. The molecule has 1 saturated carbocycles. The summed E-state index contributed by atoms with van der Waals surface area (Å²) < 4.78 is 0. The van der Waals surface area contributed by atoms with Crippen LogP contribution >= 0.6 is 0 Å². The molecule has 0 aromatic rings. The number of rotatable bonds is 4. The zero-order valence-corrected chi connectivity index (χ0v) is 11.9. The summed E-state index contributed by atoms with van der Waals surface area (Å²) in [4.78, 5) is 2.78. The number of nitrogens with one attached hydrogen (secondary N) is 1. The maximum atomic E-state index is 3.59. The molecule has 0 aromatic heterocycles. The molecular weight excluding hydrogens is 208 g/mol. The number of hydrogen-bond acceptors (Lipinski definition) is 2. The van der Waals surface area contributed by atoms with Crippen molar-refractivity contribution in [1.29, 1.82) is 0 Å². The highest BCUT2D eigenvalue weighted by molar-refractivity contribution is 4.85. The van der Waals surface area contributed by atoms with Crippen LogP contribution in [0.1, 0.15) is 52.9 Å². The van der Waals surface area contributed by atoms with Gasteiger partial charge in [-0.15, -0.1) is 0 Å². The molecule has 2 rings (SSSR count). The van der Waals surface area contributed by atoms with Crippen molar-refractivity contribution < 1.29 is 0 Å². The van der Waals surface area contributed by atoms with Crippen molar-refractivity contribution in [3.8, 4) is 0 Å². The van der Waals surface area contributed by atoms with Crippen LogP contribution in [0.4, 0.5) is 0 Å². The van der Waals surface area contributed by atoms with E-state index in [2.05, 4.69) is 31.0 Å². The summed E-state index contributed by atoms with van der Waals surface area (Å²) >= 11 is 0. The maximum absolute atomic E-state index is 3.59. The minimum Gasteiger partial charge on any atom is -0.314 e. The standard InChI is InChI=1S/C15H30N2/c1-12(2)16-10-14-8-9-17(11-14)15-6-4-13(3)5-7-15/h12-16H,4-11H2,1-3H3. The van der Waals surface area contributed by atoms with Gasteiger partial charge in [-0.05, 0) is 57.0 Å². The second-order valence-electron chi connectivity index (χ2n) is 6.63. The molecule has 2 fully saturated rings. The summed E-state index contributed by atoms with van der Waals surface area (Å²) in [6, 6.07) is 1.55. The van der Waals surface area contributed by atoms with E-state index in [0.717, 1.165) is 17.9 Å². The lowest BCUT2D eigenvalue weighted by atomic mass is 9.87. The molecule has 1 unspecified atom stereocenters. The van der Waals surface area contributed by atoms with E-state index < -0.39 is 0 Å². The molecule has 0 aromatic carbocycles. The second kappa shape index (κ2) is 6.19. The highest BCUT2D eigenvalue weighted by atomic mass is 15.2. The van der Waals surface area contributed by atoms with Crippen molar-refractivity contribution in [3.63, 3.8) is 0 Å². The van der Waals surface area contributed by atoms with E-state index in [-0.39, 0.29) is 0 Å². The van der Waals surface area contributed by atoms with Crippen molar-refractivity contribution in [1.82, 2.24) is 10.2 Å². The normalized spacial score (nSPS) is 35.6. The molecule has 1 atom stereocenters. The number of likely N-dealkylation sites (tertiary alicyclic amines) is 1. The zero-order chi connectivity index (χ0) is 12.3. The van der Waals surface area contributed by atoms with Crippen LogP contribution in [0.3, 0.4) is 0 Å². The summed E-state index contributed by atoms with van der Waals surface area (Å²) in [7, 11) is 0. The minimum atomic E-state index is 0.639. The van der Waals surface area contributed by atoms with Gasteiger partial charge in [0.25, 0.3) is 0 Å². The Balaban J connectivity index is 1.70. The summed E-state index contributed by atoms with van der Waals surface area (Å²) in [6.07, 6.45) is 7.22. The summed E-state index contributed by atoms with van der Waals surface area (Å²) in [5, 5.41) is 3.59. The minimum absolute atomic E-state index is 0.639. The molecule has 1 heterocycles. The first-order valence-electron chi connectivity index (χ1n) is 7.62. The molecule has 100 valence electrons. The Labute approximate surface area is 107 Å². The highest BCUT2D eigenvalue weighted by Crippen LogP contribution is 2.30. The van der Waals surface area contributed by atoms with E-state index in [1.807, 2.05) is 0 Å². The van der Waals surface area contributed by atoms with Crippen molar-refractivity contribution in [3.05, 3.63) is 0 Å². The third-order valence-corrected chi connectivity index (χ3v) is 4.63. The fraction of sp³-hybridized carbons (Fsp3) is 1.00. The Bertz CT molecular complexity index is 219. The topological polar surface area (TPSA) is 15.3 Å². The van der Waals surface area contributed by atoms with Crippen LogP contribution in [-0.2, 0) is 0 Å². The molecule has 2 heteroatoms. The second-order valence-corrected chi connectivity index (χ2v) is 6.63. The van der Waals surface area contributed by atoms with Crippen LogP contribution in [0.15, 0.2) is 0 Å². The molecule has 2 aliphatic rings. The van der Waals surface area contributed by atoms with Crippen LogP contribution in [0, 0.1) is 11.8 Å². The van der Waals surface area contributed by atoms with Gasteiger partial charge >= 0.3 is 0 Å². The quantitative estimate of drug-likeness (QED) is 0.810. The molecule has 0 spiro atoms. The molecule has 0 radical (unpaired) electrons. The number of nitrogens with zero attached hydrogens (tertiary/aromatic N) is 1. The molecule has 0 amide bonds. The predicted molar refractivity (Wildman–Crippen MR) is 74.2 cm³/mol. The predicted octanol–water partition coefficient (Wildman–Crippen LogP) is 2.89. The van der Waals surface area contributed by atoms with Crippen molar-refractivity contribution in [2.75, 3.05) is 19.6 Å². The first-order chi connectivity index (χ1) is 8.15. The van der Waals surface area contributed by atoms with Crippen LogP contribution in [0.2, 0.25) is 0 Å². The molecule has 1 saturated heterocycles. The van der Waals surface area contributed by atoms with E-state index in [9.17, 15) is 0 Å². The van der Waals surface area contributed by atoms with Gasteiger partial charge in [0, 0.05) is 18.6 Å². The zero-order valence-electron chi connectivity index (χ0n) is 11.9. The van der Waals surface area contributed by atoms with Gasteiger partial charge in [0.05, 0.1) is 0 Å². The Morgan fingerprint density at radius 1 is 1.12 bits per heavy atom. The molecule has 1 aliphatic carbocycles. The van der Waals surface area contributed by atoms with E-state index in [0.29, 0.717) is 6.04 Å². The van der Waals surface area contributed by atoms with Gasteiger partial charge in [0.2, 0.25) is 0 Å². The molecule has 2 nitrogen and oxygen atoms in total.